The number of nitrogens with one attached hydrogen (secondary N) is 1. The van der Waals surface area contributed by atoms with E-state index in [0.717, 1.165) is 5.56 Å². The van der Waals surface area contributed by atoms with Gasteiger partial charge in [-0.3, -0.25) is 4.79 Å². The number of benzene rings is 1. The Morgan fingerprint density at radius 2 is 1.59 bits per heavy atom. The molecule has 22 heavy (non-hydrogen) atoms. The number of methoxy groups -OCH3 is 3. The fraction of sp³-hybridized carbons (Fsp3) is 0.471. The van der Waals surface area contributed by atoms with E-state index < -0.39 is 0 Å². The molecule has 0 aromatic heterocycles. The molecule has 1 amide bonds. The summed E-state index contributed by atoms with van der Waals surface area (Å²) in [5.41, 5.74) is 0.793. The lowest BCUT2D eigenvalue weighted by molar-refractivity contribution is -0.117. The molecular formula is C17H25NO4. The molecule has 1 aromatic carbocycles. The monoisotopic (exact) mass is 307 g/mol. The highest BCUT2D eigenvalue weighted by atomic mass is 16.5. The van der Waals surface area contributed by atoms with Crippen LogP contribution in [0, 0.1) is 5.92 Å². The molecule has 0 bridgehead atoms. The van der Waals surface area contributed by atoms with Gasteiger partial charge in [-0.15, -0.1) is 0 Å². The number of amides is 1. The SMILES string of the molecule is COc1cc(/C=C/C(=O)NC(C)C(C)C)cc(OC)c1OC. The Kier molecular flexibility index (Phi) is 6.76. The number of carbonyl (C=O) groups excluding carboxylic acids is 1. The third kappa shape index (κ3) is 4.69. The number of carbonyl (C=O) groups is 1. The van der Waals surface area contributed by atoms with Gasteiger partial charge in [-0.2, -0.15) is 0 Å². The van der Waals surface area contributed by atoms with Crippen molar-refractivity contribution in [3.63, 3.8) is 0 Å². The van der Waals surface area contributed by atoms with Crippen molar-refractivity contribution in [2.75, 3.05) is 21.3 Å². The highest BCUT2D eigenvalue weighted by Crippen LogP contribution is 2.38. The van der Waals surface area contributed by atoms with Gasteiger partial charge in [0.1, 0.15) is 0 Å². The highest BCUT2D eigenvalue weighted by Gasteiger charge is 2.12. The Labute approximate surface area is 132 Å². The van der Waals surface area contributed by atoms with Gasteiger partial charge < -0.3 is 19.5 Å². The molecule has 122 valence electrons. The lowest BCUT2D eigenvalue weighted by Gasteiger charge is -2.16. The lowest BCUT2D eigenvalue weighted by atomic mass is 10.1. The molecular weight excluding hydrogens is 282 g/mol. The summed E-state index contributed by atoms with van der Waals surface area (Å²) in [6.07, 6.45) is 3.21. The van der Waals surface area contributed by atoms with Crippen LogP contribution in [0.15, 0.2) is 18.2 Å². The second-order valence-corrected chi connectivity index (χ2v) is 5.33. The maximum atomic E-state index is 11.9. The summed E-state index contributed by atoms with van der Waals surface area (Å²) in [7, 11) is 4.67. The molecule has 1 unspecified atom stereocenters. The molecule has 0 aliphatic carbocycles. The molecule has 5 nitrogen and oxygen atoms in total. The molecule has 0 spiro atoms. The van der Waals surface area contributed by atoms with Crippen LogP contribution >= 0.6 is 0 Å². The van der Waals surface area contributed by atoms with Crippen molar-refractivity contribution in [3.05, 3.63) is 23.8 Å². The predicted molar refractivity (Wildman–Crippen MR) is 87.6 cm³/mol. The van der Waals surface area contributed by atoms with Crippen molar-refractivity contribution in [3.8, 4) is 17.2 Å². The normalized spacial score (nSPS) is 12.3. The molecule has 5 heteroatoms. The van der Waals surface area contributed by atoms with E-state index in [9.17, 15) is 4.79 Å². The van der Waals surface area contributed by atoms with E-state index in [1.54, 1.807) is 39.5 Å². The van der Waals surface area contributed by atoms with E-state index >= 15 is 0 Å². The molecule has 0 saturated carbocycles. The van der Waals surface area contributed by atoms with E-state index in [4.69, 9.17) is 14.2 Å². The van der Waals surface area contributed by atoms with Crippen molar-refractivity contribution < 1.29 is 19.0 Å². The first-order valence-corrected chi connectivity index (χ1v) is 7.21. The largest absolute Gasteiger partial charge is 0.493 e. The standard InChI is InChI=1S/C17H25NO4/c1-11(2)12(3)18-16(19)8-7-13-9-14(20-4)17(22-6)15(10-13)21-5/h7-12H,1-6H3,(H,18,19)/b8-7+. The minimum atomic E-state index is -0.130. The van der Waals surface area contributed by atoms with Gasteiger partial charge in [-0.25, -0.2) is 0 Å². The average molecular weight is 307 g/mol. The fourth-order valence-corrected chi connectivity index (χ4v) is 1.81. The van der Waals surface area contributed by atoms with Crippen LogP contribution in [0.5, 0.6) is 17.2 Å². The van der Waals surface area contributed by atoms with Crippen molar-refractivity contribution >= 4 is 12.0 Å². The zero-order valence-electron chi connectivity index (χ0n) is 14.1. The maximum Gasteiger partial charge on any atom is 0.244 e. The molecule has 0 heterocycles. The Morgan fingerprint density at radius 1 is 1.05 bits per heavy atom. The average Bonchev–Trinajstić information content (AvgIpc) is 2.51. The van der Waals surface area contributed by atoms with Crippen molar-refractivity contribution in [2.24, 2.45) is 5.92 Å². The molecule has 1 rings (SSSR count). The Hall–Kier alpha value is -2.17. The topological polar surface area (TPSA) is 56.8 Å². The van der Waals surface area contributed by atoms with Gasteiger partial charge in [0.15, 0.2) is 11.5 Å². The summed E-state index contributed by atoms with van der Waals surface area (Å²) in [4.78, 5) is 11.9. The van der Waals surface area contributed by atoms with Gasteiger partial charge in [0, 0.05) is 12.1 Å². The van der Waals surface area contributed by atoms with Crippen molar-refractivity contribution in [2.45, 2.75) is 26.8 Å². The highest BCUT2D eigenvalue weighted by molar-refractivity contribution is 5.92. The van der Waals surface area contributed by atoms with E-state index in [1.165, 1.54) is 6.08 Å². The minimum Gasteiger partial charge on any atom is -0.493 e. The van der Waals surface area contributed by atoms with E-state index in [2.05, 4.69) is 19.2 Å². The third-order valence-electron chi connectivity index (χ3n) is 3.48. The first kappa shape index (κ1) is 17.9. The smallest absolute Gasteiger partial charge is 0.244 e. The summed E-state index contributed by atoms with van der Waals surface area (Å²) in [5, 5.41) is 2.92. The summed E-state index contributed by atoms with van der Waals surface area (Å²) < 4.78 is 15.8. The minimum absolute atomic E-state index is 0.122. The van der Waals surface area contributed by atoms with E-state index in [-0.39, 0.29) is 11.9 Å². The van der Waals surface area contributed by atoms with Gasteiger partial charge >= 0.3 is 0 Å². The molecule has 0 fully saturated rings. The van der Waals surface area contributed by atoms with Gasteiger partial charge in [0.2, 0.25) is 11.7 Å². The van der Waals surface area contributed by atoms with Crippen LogP contribution < -0.4 is 19.5 Å². The summed E-state index contributed by atoms with van der Waals surface area (Å²) in [5.74, 6) is 1.89. The summed E-state index contributed by atoms with van der Waals surface area (Å²) in [6.45, 7) is 6.11. The Bertz CT molecular complexity index is 512. The first-order chi connectivity index (χ1) is 10.4. The Morgan fingerprint density at radius 3 is 2.00 bits per heavy atom. The maximum absolute atomic E-state index is 11.9. The summed E-state index contributed by atoms with van der Waals surface area (Å²) >= 11 is 0. The van der Waals surface area contributed by atoms with Crippen LogP contribution in [0.3, 0.4) is 0 Å². The fourth-order valence-electron chi connectivity index (χ4n) is 1.81. The second kappa shape index (κ2) is 8.32. The van der Waals surface area contributed by atoms with Gasteiger partial charge in [0.05, 0.1) is 21.3 Å². The summed E-state index contributed by atoms with van der Waals surface area (Å²) in [6, 6.07) is 3.70. The number of hydrogen-bond donors (Lipinski definition) is 1. The van der Waals surface area contributed by atoms with Crippen molar-refractivity contribution in [1.82, 2.24) is 5.32 Å². The zero-order valence-corrected chi connectivity index (χ0v) is 14.1. The van der Waals surface area contributed by atoms with Crippen LogP contribution in [0.4, 0.5) is 0 Å². The predicted octanol–water partition coefficient (Wildman–Crippen LogP) is 2.89. The first-order valence-electron chi connectivity index (χ1n) is 7.21. The molecule has 1 N–H and O–H groups in total. The number of ether oxygens (including phenoxy) is 3. The molecule has 1 atom stereocenters. The molecule has 0 radical (unpaired) electrons. The van der Waals surface area contributed by atoms with Gasteiger partial charge in [-0.05, 0) is 36.6 Å². The third-order valence-corrected chi connectivity index (χ3v) is 3.48. The van der Waals surface area contributed by atoms with E-state index in [0.29, 0.717) is 23.2 Å². The zero-order chi connectivity index (χ0) is 16.7. The lowest BCUT2D eigenvalue weighted by Crippen LogP contribution is -2.34. The molecule has 0 saturated heterocycles. The second-order valence-electron chi connectivity index (χ2n) is 5.33. The van der Waals surface area contributed by atoms with Crippen LogP contribution in [0.2, 0.25) is 0 Å². The van der Waals surface area contributed by atoms with Crippen LogP contribution in [0.1, 0.15) is 26.3 Å². The van der Waals surface area contributed by atoms with Crippen molar-refractivity contribution in [1.29, 1.82) is 0 Å². The van der Waals surface area contributed by atoms with E-state index in [1.807, 2.05) is 6.92 Å². The molecule has 0 aliphatic heterocycles. The van der Waals surface area contributed by atoms with Crippen LogP contribution in [-0.2, 0) is 4.79 Å². The van der Waals surface area contributed by atoms with Crippen LogP contribution in [-0.4, -0.2) is 33.3 Å². The van der Waals surface area contributed by atoms with Crippen LogP contribution in [0.25, 0.3) is 6.08 Å². The van der Waals surface area contributed by atoms with Gasteiger partial charge in [0.25, 0.3) is 0 Å². The molecule has 0 aliphatic rings. The number of hydrogen-bond acceptors (Lipinski definition) is 4. The number of rotatable bonds is 7. The molecule has 1 aromatic rings. The Balaban J connectivity index is 2.93. The van der Waals surface area contributed by atoms with Gasteiger partial charge in [-0.1, -0.05) is 13.8 Å². The quantitative estimate of drug-likeness (QED) is 0.787.